The molecule has 0 aliphatic carbocycles. The Bertz CT molecular complexity index is 1270. The Kier molecular flexibility index (Phi) is 6.91. The van der Waals surface area contributed by atoms with Crippen molar-refractivity contribution in [2.75, 3.05) is 31.6 Å². The summed E-state index contributed by atoms with van der Waals surface area (Å²) in [5.74, 6) is -2.47. The van der Waals surface area contributed by atoms with Crippen molar-refractivity contribution in [3.63, 3.8) is 0 Å². The van der Waals surface area contributed by atoms with Crippen LogP contribution in [0, 0.1) is 17.0 Å². The van der Waals surface area contributed by atoms with E-state index in [-0.39, 0.29) is 43.7 Å². The zero-order valence-electron chi connectivity index (χ0n) is 20.9. The van der Waals surface area contributed by atoms with Gasteiger partial charge in [0.15, 0.2) is 0 Å². The van der Waals surface area contributed by atoms with E-state index >= 15 is 0 Å². The third kappa shape index (κ3) is 5.39. The number of hydrogen-bond acceptors (Lipinski definition) is 7. The molecule has 2 amide bonds. The van der Waals surface area contributed by atoms with Crippen molar-refractivity contribution in [2.45, 2.75) is 32.4 Å². The van der Waals surface area contributed by atoms with Gasteiger partial charge in [-0.1, -0.05) is 20.1 Å². The summed E-state index contributed by atoms with van der Waals surface area (Å²) in [6.07, 6.45) is 0. The average Bonchev–Trinajstić information content (AvgIpc) is 3.28. The Morgan fingerprint density at radius 2 is 1.95 bits per heavy atom. The first-order chi connectivity index (χ1) is 17.2. The lowest BCUT2D eigenvalue weighted by Crippen LogP contribution is -2.49. The molecule has 11 heteroatoms. The van der Waals surface area contributed by atoms with Gasteiger partial charge in [0, 0.05) is 29.0 Å². The molecule has 8 nitrogen and oxygen atoms in total. The maximum atomic E-state index is 14.9. The fourth-order valence-corrected chi connectivity index (χ4v) is 5.51. The third-order valence-electron chi connectivity index (χ3n) is 6.46. The fourth-order valence-electron chi connectivity index (χ4n) is 4.37. The zero-order chi connectivity index (χ0) is 27.3. The molecule has 0 spiro atoms. The van der Waals surface area contributed by atoms with Crippen molar-refractivity contribution >= 4 is 28.2 Å². The summed E-state index contributed by atoms with van der Waals surface area (Å²) in [6, 6.07) is 2.99. The molecule has 1 aromatic heterocycles. The van der Waals surface area contributed by atoms with E-state index in [0.29, 0.717) is 31.9 Å². The van der Waals surface area contributed by atoms with Gasteiger partial charge < -0.3 is 31.1 Å². The molecule has 5 N–H and O–H groups in total. The third-order valence-corrected chi connectivity index (χ3v) is 7.53. The van der Waals surface area contributed by atoms with Gasteiger partial charge in [-0.3, -0.25) is 9.59 Å². The smallest absolute Gasteiger partial charge is 0.251 e. The summed E-state index contributed by atoms with van der Waals surface area (Å²) in [5.41, 5.74) is 4.14. The van der Waals surface area contributed by atoms with Crippen LogP contribution in [0.4, 0.5) is 13.8 Å². The highest BCUT2D eigenvalue weighted by Crippen LogP contribution is 2.39. The summed E-state index contributed by atoms with van der Waals surface area (Å²) < 4.78 is 35.1. The Balaban J connectivity index is 1.52. The standard InChI is InChI=1S/C26H30F2N4O4S/c1-13-19(9-32(24(13)34)10-26(5)11-36-12-26)30-14(2)31-23-16(22(29)33)8-20(37-23)21-17(27)6-15(7-18(21)28)25(3,4)35/h6-8,19,30-31,35H,1-2,9-12H2,3-5H3,(H2,29,33). The number of amides is 2. The van der Waals surface area contributed by atoms with Gasteiger partial charge in [-0.25, -0.2) is 8.78 Å². The molecule has 2 fully saturated rings. The number of carbonyl (C=O) groups excluding carboxylic acids is 2. The molecule has 2 aromatic rings. The number of aliphatic hydroxyl groups is 1. The highest BCUT2D eigenvalue weighted by molar-refractivity contribution is 7.19. The number of nitrogens with one attached hydrogen (secondary N) is 2. The van der Waals surface area contributed by atoms with Crippen molar-refractivity contribution in [2.24, 2.45) is 11.1 Å². The van der Waals surface area contributed by atoms with Crippen molar-refractivity contribution < 1.29 is 28.2 Å². The second-order valence-corrected chi connectivity index (χ2v) is 11.5. The van der Waals surface area contributed by atoms with Gasteiger partial charge in [-0.2, -0.15) is 0 Å². The fraction of sp³-hybridized carbons (Fsp3) is 0.385. The molecule has 0 bridgehead atoms. The van der Waals surface area contributed by atoms with E-state index in [1.54, 1.807) is 4.90 Å². The molecule has 198 valence electrons. The number of benzene rings is 1. The number of rotatable bonds is 9. The van der Waals surface area contributed by atoms with Crippen LogP contribution in [0.3, 0.4) is 0 Å². The molecule has 1 atom stereocenters. The highest BCUT2D eigenvalue weighted by atomic mass is 32.1. The number of halogens is 2. The minimum Gasteiger partial charge on any atom is -0.386 e. The summed E-state index contributed by atoms with van der Waals surface area (Å²) in [5, 5.41) is 16.4. The summed E-state index contributed by atoms with van der Waals surface area (Å²) in [4.78, 5) is 26.6. The largest absolute Gasteiger partial charge is 0.386 e. The highest BCUT2D eigenvalue weighted by Gasteiger charge is 2.41. The quantitative estimate of drug-likeness (QED) is 0.368. The summed E-state index contributed by atoms with van der Waals surface area (Å²) in [7, 11) is 0. The Labute approximate surface area is 217 Å². The number of thiophene rings is 1. The van der Waals surface area contributed by atoms with Crippen LogP contribution in [0.5, 0.6) is 0 Å². The first-order valence-electron chi connectivity index (χ1n) is 11.6. The number of anilines is 1. The van der Waals surface area contributed by atoms with E-state index < -0.39 is 29.2 Å². The molecule has 1 unspecified atom stereocenters. The van der Waals surface area contributed by atoms with Crippen LogP contribution in [-0.2, 0) is 15.1 Å². The monoisotopic (exact) mass is 532 g/mol. The van der Waals surface area contributed by atoms with E-state index in [1.807, 2.05) is 0 Å². The van der Waals surface area contributed by atoms with Crippen LogP contribution in [0.2, 0.25) is 0 Å². The molecule has 2 saturated heterocycles. The Morgan fingerprint density at radius 3 is 2.46 bits per heavy atom. The first kappa shape index (κ1) is 26.8. The van der Waals surface area contributed by atoms with Crippen molar-refractivity contribution in [1.29, 1.82) is 0 Å². The SMILES string of the molecule is C=C(Nc1sc(-c2c(F)cc(C(C)(C)O)cc2F)cc1C(N)=O)NC1CN(CC2(C)COC2)C(=O)C1=C. The number of ether oxygens (including phenoxy) is 1. The molecule has 3 heterocycles. The van der Waals surface area contributed by atoms with E-state index in [1.165, 1.54) is 19.9 Å². The maximum absolute atomic E-state index is 14.9. The predicted octanol–water partition coefficient (Wildman–Crippen LogP) is 3.30. The minimum absolute atomic E-state index is 0.0224. The van der Waals surface area contributed by atoms with E-state index in [2.05, 4.69) is 30.7 Å². The predicted molar refractivity (Wildman–Crippen MR) is 138 cm³/mol. The van der Waals surface area contributed by atoms with Crippen molar-refractivity contribution in [3.05, 3.63) is 65.5 Å². The molecule has 4 rings (SSSR count). The van der Waals surface area contributed by atoms with E-state index in [4.69, 9.17) is 10.5 Å². The van der Waals surface area contributed by atoms with Gasteiger partial charge in [0.2, 0.25) is 0 Å². The lowest BCUT2D eigenvalue weighted by atomic mass is 9.88. The normalized spacial score (nSPS) is 19.1. The van der Waals surface area contributed by atoms with Crippen LogP contribution in [-0.4, -0.2) is 54.2 Å². The van der Waals surface area contributed by atoms with Gasteiger partial charge in [0.25, 0.3) is 11.8 Å². The van der Waals surface area contributed by atoms with Gasteiger partial charge in [0.1, 0.15) is 16.6 Å². The first-order valence-corrected chi connectivity index (χ1v) is 12.4. The Hall–Kier alpha value is -3.28. The van der Waals surface area contributed by atoms with Crippen molar-refractivity contribution in [3.8, 4) is 10.4 Å². The number of likely N-dealkylation sites (tertiary alicyclic amines) is 1. The average molecular weight is 533 g/mol. The van der Waals surface area contributed by atoms with E-state index in [0.717, 1.165) is 23.5 Å². The minimum atomic E-state index is -1.44. The van der Waals surface area contributed by atoms with Crippen molar-refractivity contribution in [1.82, 2.24) is 10.2 Å². The van der Waals surface area contributed by atoms with Gasteiger partial charge in [0.05, 0.1) is 41.8 Å². The van der Waals surface area contributed by atoms with Crippen LogP contribution < -0.4 is 16.4 Å². The second kappa shape index (κ2) is 9.55. The van der Waals surface area contributed by atoms with Gasteiger partial charge in [-0.05, 0) is 37.6 Å². The van der Waals surface area contributed by atoms with Gasteiger partial charge in [-0.15, -0.1) is 11.3 Å². The molecular weight excluding hydrogens is 502 g/mol. The molecule has 2 aliphatic heterocycles. The molecule has 0 radical (unpaired) electrons. The number of hydrogen-bond donors (Lipinski definition) is 4. The number of nitrogens with zero attached hydrogens (tertiary/aromatic N) is 1. The number of carbonyl (C=O) groups is 2. The van der Waals surface area contributed by atoms with Crippen LogP contribution in [0.15, 0.2) is 42.8 Å². The molecule has 0 saturated carbocycles. The molecule has 37 heavy (non-hydrogen) atoms. The second-order valence-electron chi connectivity index (χ2n) is 10.4. The topological polar surface area (TPSA) is 117 Å². The van der Waals surface area contributed by atoms with Crippen LogP contribution in [0.1, 0.15) is 36.7 Å². The number of nitrogens with two attached hydrogens (primary N) is 1. The molecular formula is C26H30F2N4O4S. The zero-order valence-corrected chi connectivity index (χ0v) is 21.7. The maximum Gasteiger partial charge on any atom is 0.251 e. The van der Waals surface area contributed by atoms with Crippen LogP contribution >= 0.6 is 11.3 Å². The molecule has 2 aliphatic rings. The molecule has 1 aromatic carbocycles. The lowest BCUT2D eigenvalue weighted by Gasteiger charge is -2.40. The Morgan fingerprint density at radius 1 is 1.32 bits per heavy atom. The number of primary amides is 1. The van der Waals surface area contributed by atoms with E-state index in [9.17, 15) is 23.5 Å². The van der Waals surface area contributed by atoms with Crippen LogP contribution in [0.25, 0.3) is 10.4 Å². The summed E-state index contributed by atoms with van der Waals surface area (Å²) in [6.45, 7) is 14.8. The van der Waals surface area contributed by atoms with Gasteiger partial charge >= 0.3 is 0 Å². The lowest BCUT2D eigenvalue weighted by molar-refractivity contribution is -0.138. The summed E-state index contributed by atoms with van der Waals surface area (Å²) >= 11 is 0.920.